The number of nitrogens with two attached hydrogens (primary N) is 1. The molecule has 1 saturated carbocycles. The first-order valence-corrected chi connectivity index (χ1v) is 11.6. The third-order valence-corrected chi connectivity index (χ3v) is 6.26. The van der Waals surface area contributed by atoms with E-state index in [0.717, 1.165) is 24.8 Å². The van der Waals surface area contributed by atoms with Crippen LogP contribution in [0.15, 0.2) is 47.9 Å². The largest absolute Gasteiger partial charge is 0.460 e. The zero-order chi connectivity index (χ0) is 22.0. The highest BCUT2D eigenvalue weighted by molar-refractivity contribution is 7.89. The van der Waals surface area contributed by atoms with E-state index in [1.54, 1.807) is 18.5 Å². The summed E-state index contributed by atoms with van der Waals surface area (Å²) in [6.45, 7) is 4.13. The minimum Gasteiger partial charge on any atom is -0.460 e. The molecule has 0 spiro atoms. The Morgan fingerprint density at radius 1 is 1.16 bits per heavy atom. The molecule has 0 unspecified atom stereocenters. The zero-order valence-electron chi connectivity index (χ0n) is 17.3. The lowest BCUT2D eigenvalue weighted by atomic mass is 10.0. The molecule has 1 aliphatic rings. The lowest BCUT2D eigenvalue weighted by molar-refractivity contribution is 0.178. The van der Waals surface area contributed by atoms with Crippen LogP contribution in [0.5, 0.6) is 6.01 Å². The molecule has 2 heterocycles. The SMILES string of the molecule is CC(C)n1cnnc1O[C@@H]1CC[C@H](c2cnc(Nc3ccc(S(N)(=O)=O)cc3)nc2)C1. The molecule has 3 N–H and O–H groups in total. The Morgan fingerprint density at radius 3 is 2.52 bits per heavy atom. The first-order chi connectivity index (χ1) is 14.8. The second kappa shape index (κ2) is 8.60. The fraction of sp³-hybridized carbons (Fsp3) is 0.400. The van der Waals surface area contributed by atoms with E-state index in [1.807, 2.05) is 17.0 Å². The molecule has 1 aromatic carbocycles. The van der Waals surface area contributed by atoms with Gasteiger partial charge in [-0.3, -0.25) is 4.57 Å². The number of hydrogen-bond donors (Lipinski definition) is 2. The maximum absolute atomic E-state index is 11.3. The van der Waals surface area contributed by atoms with Crippen molar-refractivity contribution in [3.63, 3.8) is 0 Å². The summed E-state index contributed by atoms with van der Waals surface area (Å²) in [6, 6.07) is 6.91. The molecule has 0 amide bonds. The number of primary sulfonamides is 1. The highest BCUT2D eigenvalue weighted by atomic mass is 32.2. The quantitative estimate of drug-likeness (QED) is 0.568. The molecule has 2 atom stereocenters. The number of rotatable bonds is 7. The maximum Gasteiger partial charge on any atom is 0.317 e. The summed E-state index contributed by atoms with van der Waals surface area (Å²) in [5.74, 6) is 0.756. The molecule has 1 aliphatic carbocycles. The van der Waals surface area contributed by atoms with Gasteiger partial charge in [0.15, 0.2) is 0 Å². The summed E-state index contributed by atoms with van der Waals surface area (Å²) in [5.41, 5.74) is 1.73. The van der Waals surface area contributed by atoms with Crippen molar-refractivity contribution >= 4 is 21.7 Å². The summed E-state index contributed by atoms with van der Waals surface area (Å²) in [5, 5.41) is 16.2. The van der Waals surface area contributed by atoms with E-state index < -0.39 is 10.0 Å². The maximum atomic E-state index is 11.3. The summed E-state index contributed by atoms with van der Waals surface area (Å²) in [6.07, 6.45) is 8.21. The summed E-state index contributed by atoms with van der Waals surface area (Å²) in [4.78, 5) is 8.85. The van der Waals surface area contributed by atoms with Crippen LogP contribution in [0.1, 0.15) is 50.6 Å². The van der Waals surface area contributed by atoms with Crippen LogP contribution in [0.25, 0.3) is 0 Å². The second-order valence-corrected chi connectivity index (χ2v) is 9.46. The highest BCUT2D eigenvalue weighted by Crippen LogP contribution is 2.36. The predicted molar refractivity (Wildman–Crippen MR) is 115 cm³/mol. The Balaban J connectivity index is 1.36. The van der Waals surface area contributed by atoms with Crippen molar-refractivity contribution in [2.45, 2.75) is 56.1 Å². The van der Waals surface area contributed by atoms with E-state index in [9.17, 15) is 8.42 Å². The van der Waals surface area contributed by atoms with Crippen LogP contribution < -0.4 is 15.2 Å². The number of nitrogens with zero attached hydrogens (tertiary/aromatic N) is 5. The molecule has 0 bridgehead atoms. The van der Waals surface area contributed by atoms with Crippen LogP contribution in [0.2, 0.25) is 0 Å². The Hall–Kier alpha value is -3.05. The van der Waals surface area contributed by atoms with Crippen molar-refractivity contribution in [1.29, 1.82) is 0 Å². The standard InChI is InChI=1S/C20H25N7O3S/c1-13(2)27-12-24-26-20(27)30-17-6-3-14(9-17)15-10-22-19(23-11-15)25-16-4-7-18(8-5-16)31(21,28)29/h4-5,7-8,10-14,17H,3,6,9H2,1-2H3,(H2,21,28,29)(H,22,23,25)/t14-,17+/m0/s1. The van der Waals surface area contributed by atoms with Gasteiger partial charge in [-0.05, 0) is 68.9 Å². The van der Waals surface area contributed by atoms with Crippen molar-refractivity contribution < 1.29 is 13.2 Å². The van der Waals surface area contributed by atoms with Gasteiger partial charge in [0.05, 0.1) is 4.90 Å². The molecule has 0 aliphatic heterocycles. The van der Waals surface area contributed by atoms with Crippen LogP contribution in [0, 0.1) is 0 Å². The summed E-state index contributed by atoms with van der Waals surface area (Å²) in [7, 11) is -3.71. The monoisotopic (exact) mass is 443 g/mol. The van der Waals surface area contributed by atoms with Gasteiger partial charge in [0, 0.05) is 24.1 Å². The van der Waals surface area contributed by atoms with Crippen molar-refractivity contribution in [2.24, 2.45) is 5.14 Å². The number of aromatic nitrogens is 5. The molecular weight excluding hydrogens is 418 g/mol. The zero-order valence-corrected chi connectivity index (χ0v) is 18.2. The summed E-state index contributed by atoms with van der Waals surface area (Å²) >= 11 is 0. The van der Waals surface area contributed by atoms with Gasteiger partial charge in [0.25, 0.3) is 0 Å². The molecule has 31 heavy (non-hydrogen) atoms. The van der Waals surface area contributed by atoms with Crippen molar-refractivity contribution in [1.82, 2.24) is 24.7 Å². The molecule has 11 heteroatoms. The molecule has 0 radical (unpaired) electrons. The van der Waals surface area contributed by atoms with E-state index >= 15 is 0 Å². The fourth-order valence-electron chi connectivity index (χ4n) is 3.64. The first-order valence-electron chi connectivity index (χ1n) is 10.1. The molecular formula is C20H25N7O3S. The normalized spacial score (nSPS) is 19.0. The smallest absolute Gasteiger partial charge is 0.317 e. The van der Waals surface area contributed by atoms with Crippen LogP contribution >= 0.6 is 0 Å². The topological polar surface area (TPSA) is 138 Å². The van der Waals surface area contributed by atoms with Crippen LogP contribution in [0.3, 0.4) is 0 Å². The highest BCUT2D eigenvalue weighted by Gasteiger charge is 2.29. The molecule has 3 aromatic rings. The average molecular weight is 444 g/mol. The van der Waals surface area contributed by atoms with Crippen molar-refractivity contribution in [3.8, 4) is 6.01 Å². The molecule has 164 valence electrons. The van der Waals surface area contributed by atoms with Crippen LogP contribution in [-0.4, -0.2) is 39.3 Å². The molecule has 2 aromatic heterocycles. The first kappa shape index (κ1) is 21.2. The Kier molecular flexibility index (Phi) is 5.88. The van der Waals surface area contributed by atoms with E-state index in [2.05, 4.69) is 39.3 Å². The van der Waals surface area contributed by atoms with Crippen molar-refractivity contribution in [2.75, 3.05) is 5.32 Å². The third-order valence-electron chi connectivity index (χ3n) is 5.34. The van der Waals surface area contributed by atoms with Gasteiger partial charge in [0.1, 0.15) is 12.4 Å². The van der Waals surface area contributed by atoms with Gasteiger partial charge in [-0.2, -0.15) is 0 Å². The van der Waals surface area contributed by atoms with E-state index in [0.29, 0.717) is 23.6 Å². The number of ether oxygens (including phenoxy) is 1. The third kappa shape index (κ3) is 5.00. The molecule has 4 rings (SSSR count). The Labute approximate surface area is 180 Å². The Bertz CT molecular complexity index is 1130. The van der Waals surface area contributed by atoms with Gasteiger partial charge in [-0.1, -0.05) is 5.10 Å². The van der Waals surface area contributed by atoms with E-state index in [4.69, 9.17) is 9.88 Å². The van der Waals surface area contributed by atoms with Crippen LogP contribution in [-0.2, 0) is 10.0 Å². The van der Waals surface area contributed by atoms with Gasteiger partial charge >= 0.3 is 6.01 Å². The minimum atomic E-state index is -3.71. The lowest BCUT2D eigenvalue weighted by Gasteiger charge is -2.16. The second-order valence-electron chi connectivity index (χ2n) is 7.90. The lowest BCUT2D eigenvalue weighted by Crippen LogP contribution is -2.16. The van der Waals surface area contributed by atoms with Gasteiger partial charge in [-0.15, -0.1) is 5.10 Å². The van der Waals surface area contributed by atoms with Crippen molar-refractivity contribution in [3.05, 3.63) is 48.5 Å². The number of benzene rings is 1. The number of anilines is 2. The fourth-order valence-corrected chi connectivity index (χ4v) is 4.16. The average Bonchev–Trinajstić information content (AvgIpc) is 3.38. The van der Waals surface area contributed by atoms with Gasteiger partial charge < -0.3 is 10.1 Å². The van der Waals surface area contributed by atoms with Gasteiger partial charge in [0.2, 0.25) is 16.0 Å². The predicted octanol–water partition coefficient (Wildman–Crippen LogP) is 2.76. The number of sulfonamides is 1. The molecule has 10 nitrogen and oxygen atoms in total. The molecule has 0 saturated heterocycles. The Morgan fingerprint density at radius 2 is 1.87 bits per heavy atom. The molecule has 1 fully saturated rings. The number of nitrogens with one attached hydrogen (secondary N) is 1. The van der Waals surface area contributed by atoms with Crippen LogP contribution in [0.4, 0.5) is 11.6 Å². The summed E-state index contributed by atoms with van der Waals surface area (Å²) < 4.78 is 30.7. The number of hydrogen-bond acceptors (Lipinski definition) is 8. The minimum absolute atomic E-state index is 0.0546. The van der Waals surface area contributed by atoms with E-state index in [1.165, 1.54) is 12.1 Å². The van der Waals surface area contributed by atoms with E-state index in [-0.39, 0.29) is 17.0 Å². The van der Waals surface area contributed by atoms with Gasteiger partial charge in [-0.25, -0.2) is 23.5 Å².